The maximum Gasteiger partial charge on any atom is 1.00 e. The molecule has 0 amide bonds. The molecule has 3 heteroatoms. The quantitative estimate of drug-likeness (QED) is 0.448. The minimum atomic E-state index is 0. The molecule has 0 saturated heterocycles. The van der Waals surface area contributed by atoms with E-state index in [-0.39, 0.29) is 44.3 Å². The average Bonchev–Trinajstić information content (AvgIpc) is 1.76. The van der Waals surface area contributed by atoms with Crippen molar-refractivity contribution in [3.8, 4) is 0 Å². The summed E-state index contributed by atoms with van der Waals surface area (Å²) in [5.41, 5.74) is 0. The van der Waals surface area contributed by atoms with Crippen molar-refractivity contribution >= 4 is 24.8 Å². The van der Waals surface area contributed by atoms with Crippen LogP contribution in [0.15, 0.2) is 18.2 Å². The van der Waals surface area contributed by atoms with Gasteiger partial charge in [0.25, 0.3) is 0 Å². The first-order chi connectivity index (χ1) is 2.50. The van der Waals surface area contributed by atoms with Crippen LogP contribution in [0.1, 0.15) is 6.42 Å². The zero-order valence-corrected chi connectivity index (χ0v) is 7.48. The fourth-order valence-electron chi connectivity index (χ4n) is 0.340. The Morgan fingerprint density at radius 2 is 1.88 bits per heavy atom. The van der Waals surface area contributed by atoms with Gasteiger partial charge in [0.05, 0.1) is 0 Å². The SMILES string of the molecule is Cl.Cl.[C-]1=CC=CC1.[Ru+]. The van der Waals surface area contributed by atoms with Crippen molar-refractivity contribution < 1.29 is 19.5 Å². The second kappa shape index (κ2) is 10.6. The molecule has 0 aromatic heterocycles. The summed E-state index contributed by atoms with van der Waals surface area (Å²) in [7, 11) is 0. The number of rotatable bonds is 0. The van der Waals surface area contributed by atoms with E-state index in [0.717, 1.165) is 6.42 Å². The van der Waals surface area contributed by atoms with Crippen molar-refractivity contribution in [1.82, 2.24) is 0 Å². The molecule has 1 radical (unpaired) electrons. The third-order valence-corrected chi connectivity index (χ3v) is 0.586. The second-order valence-corrected chi connectivity index (χ2v) is 1.00. The van der Waals surface area contributed by atoms with Crippen LogP contribution in [0.4, 0.5) is 0 Å². The van der Waals surface area contributed by atoms with Gasteiger partial charge in [-0.25, -0.2) is 12.2 Å². The Labute approximate surface area is 75.0 Å². The van der Waals surface area contributed by atoms with Crippen molar-refractivity contribution in [2.45, 2.75) is 6.42 Å². The first-order valence-electron chi connectivity index (χ1n) is 1.72. The van der Waals surface area contributed by atoms with E-state index in [1.165, 1.54) is 0 Å². The topological polar surface area (TPSA) is 0 Å². The Bertz CT molecular complexity index is 68.5. The first-order valence-corrected chi connectivity index (χ1v) is 1.72. The van der Waals surface area contributed by atoms with Gasteiger partial charge in [-0.15, -0.1) is 31.2 Å². The summed E-state index contributed by atoms with van der Waals surface area (Å²) >= 11 is 0. The van der Waals surface area contributed by atoms with Gasteiger partial charge in [-0.2, -0.15) is 6.08 Å². The first kappa shape index (κ1) is 15.9. The molecular weight excluding hydrogens is 232 g/mol. The van der Waals surface area contributed by atoms with Crippen LogP contribution in [0, 0.1) is 6.08 Å². The number of hydrogen-bond acceptors (Lipinski definition) is 0. The van der Waals surface area contributed by atoms with Crippen LogP contribution < -0.4 is 0 Å². The van der Waals surface area contributed by atoms with Gasteiger partial charge < -0.3 is 0 Å². The van der Waals surface area contributed by atoms with Crippen LogP contribution >= 0.6 is 24.8 Å². The van der Waals surface area contributed by atoms with Gasteiger partial charge in [0, 0.05) is 0 Å². The molecule has 0 bridgehead atoms. The van der Waals surface area contributed by atoms with Gasteiger partial charge >= 0.3 is 19.5 Å². The van der Waals surface area contributed by atoms with Gasteiger partial charge in [-0.05, 0) is 0 Å². The fraction of sp³-hybridized carbons (Fsp3) is 0.200. The van der Waals surface area contributed by atoms with E-state index in [0.29, 0.717) is 0 Å². The molecule has 0 atom stereocenters. The Balaban J connectivity index is -0.0000000833. The summed E-state index contributed by atoms with van der Waals surface area (Å²) in [6, 6.07) is 0. The van der Waals surface area contributed by atoms with Gasteiger partial charge in [0.1, 0.15) is 0 Å². The van der Waals surface area contributed by atoms with Crippen molar-refractivity contribution in [3.63, 3.8) is 0 Å². The Kier molecular flexibility index (Phi) is 21.1. The molecule has 0 spiro atoms. The van der Waals surface area contributed by atoms with E-state index in [1.807, 2.05) is 12.2 Å². The van der Waals surface area contributed by atoms with Crippen LogP contribution in [0.2, 0.25) is 0 Å². The normalized spacial score (nSPS) is 11.0. The molecule has 1 aliphatic rings. The second-order valence-electron chi connectivity index (χ2n) is 1.00. The van der Waals surface area contributed by atoms with E-state index >= 15 is 0 Å². The minimum absolute atomic E-state index is 0. The molecule has 49 valence electrons. The third kappa shape index (κ3) is 6.68. The van der Waals surface area contributed by atoms with Gasteiger partial charge in [0.2, 0.25) is 0 Å². The molecule has 0 aliphatic heterocycles. The Hall–Kier alpha value is 0.683. The Morgan fingerprint density at radius 1 is 1.25 bits per heavy atom. The third-order valence-electron chi connectivity index (χ3n) is 0.586. The molecule has 0 saturated carbocycles. The summed E-state index contributed by atoms with van der Waals surface area (Å²) in [6.07, 6.45) is 10.0. The van der Waals surface area contributed by atoms with E-state index < -0.39 is 0 Å². The fourth-order valence-corrected chi connectivity index (χ4v) is 0.340. The number of halogens is 2. The molecule has 0 aromatic carbocycles. The predicted octanol–water partition coefficient (Wildman–Crippen LogP) is 2.15. The maximum atomic E-state index is 2.99. The molecule has 0 N–H and O–H groups in total. The molecule has 8 heavy (non-hydrogen) atoms. The molecular formula is C5H7Cl2Ru. The van der Waals surface area contributed by atoms with Crippen LogP contribution in [0.5, 0.6) is 0 Å². The van der Waals surface area contributed by atoms with Crippen molar-refractivity contribution in [3.05, 3.63) is 24.3 Å². The number of hydrogen-bond donors (Lipinski definition) is 0. The molecule has 0 nitrogen and oxygen atoms in total. The van der Waals surface area contributed by atoms with Crippen LogP contribution in [-0.4, -0.2) is 0 Å². The van der Waals surface area contributed by atoms with E-state index in [9.17, 15) is 0 Å². The van der Waals surface area contributed by atoms with E-state index in [1.54, 1.807) is 0 Å². The summed E-state index contributed by atoms with van der Waals surface area (Å²) in [5, 5.41) is 0. The molecule has 0 aromatic rings. The zero-order chi connectivity index (χ0) is 3.54. The monoisotopic (exact) mass is 239 g/mol. The van der Waals surface area contributed by atoms with Crippen LogP contribution in [-0.2, 0) is 19.5 Å². The van der Waals surface area contributed by atoms with Crippen molar-refractivity contribution in [1.29, 1.82) is 0 Å². The molecule has 0 fully saturated rings. The summed E-state index contributed by atoms with van der Waals surface area (Å²) in [6.45, 7) is 0. The summed E-state index contributed by atoms with van der Waals surface area (Å²) in [5.74, 6) is 0. The number of allylic oxidation sites excluding steroid dienone is 4. The summed E-state index contributed by atoms with van der Waals surface area (Å²) in [4.78, 5) is 0. The molecule has 1 aliphatic carbocycles. The minimum Gasteiger partial charge on any atom is -0.273 e. The van der Waals surface area contributed by atoms with Crippen molar-refractivity contribution in [2.75, 3.05) is 0 Å². The van der Waals surface area contributed by atoms with E-state index in [2.05, 4.69) is 12.2 Å². The maximum absolute atomic E-state index is 2.99. The molecule has 0 unspecified atom stereocenters. The van der Waals surface area contributed by atoms with Crippen LogP contribution in [0.3, 0.4) is 0 Å². The summed E-state index contributed by atoms with van der Waals surface area (Å²) < 4.78 is 0. The van der Waals surface area contributed by atoms with Gasteiger partial charge in [-0.3, -0.25) is 6.08 Å². The molecule has 0 heterocycles. The smallest absolute Gasteiger partial charge is 0.273 e. The Morgan fingerprint density at radius 3 is 2.00 bits per heavy atom. The van der Waals surface area contributed by atoms with E-state index in [4.69, 9.17) is 0 Å². The van der Waals surface area contributed by atoms with Crippen LogP contribution in [0.25, 0.3) is 0 Å². The standard InChI is InChI=1S/C5H5.2ClH.Ru/c1-2-4-5-3-1;;;/h1-3H,4H2;2*1H;/q-1;;;+1. The largest absolute Gasteiger partial charge is 1.00 e. The average molecular weight is 239 g/mol. The van der Waals surface area contributed by atoms with Gasteiger partial charge in [-0.1, -0.05) is 0 Å². The zero-order valence-electron chi connectivity index (χ0n) is 4.11. The molecule has 1 rings (SSSR count). The van der Waals surface area contributed by atoms with Gasteiger partial charge in [0.15, 0.2) is 0 Å². The van der Waals surface area contributed by atoms with Crippen molar-refractivity contribution in [2.24, 2.45) is 0 Å². The predicted molar refractivity (Wildman–Crippen MR) is 36.1 cm³/mol.